The van der Waals surface area contributed by atoms with E-state index in [9.17, 15) is 4.79 Å². The van der Waals surface area contributed by atoms with Crippen LogP contribution in [-0.4, -0.2) is 12.7 Å². The summed E-state index contributed by atoms with van der Waals surface area (Å²) >= 11 is 0. The van der Waals surface area contributed by atoms with Gasteiger partial charge in [-0.05, 0) is 12.1 Å². The predicted molar refractivity (Wildman–Crippen MR) is 48.9 cm³/mol. The summed E-state index contributed by atoms with van der Waals surface area (Å²) in [5.74, 6) is 5.48. The van der Waals surface area contributed by atoms with Crippen LogP contribution in [0.4, 0.5) is 4.79 Å². The standard InChI is InChI=1S/C10H9NO2/c11-10(12)13-8-4-7-9-5-2-1-3-6-9/h1-3,5-6H,8H2,(H2,11,12). The molecule has 0 atom stereocenters. The van der Waals surface area contributed by atoms with Gasteiger partial charge in [-0.1, -0.05) is 30.0 Å². The molecule has 3 heteroatoms. The molecule has 0 fully saturated rings. The smallest absolute Gasteiger partial charge is 0.405 e. The topological polar surface area (TPSA) is 52.3 Å². The highest BCUT2D eigenvalue weighted by Gasteiger charge is 1.87. The van der Waals surface area contributed by atoms with E-state index in [2.05, 4.69) is 16.6 Å². The molecule has 1 aromatic carbocycles. The highest BCUT2D eigenvalue weighted by Crippen LogP contribution is 1.94. The number of carbonyl (C=O) groups excluding carboxylic acids is 1. The van der Waals surface area contributed by atoms with Crippen molar-refractivity contribution in [2.45, 2.75) is 0 Å². The first-order valence-electron chi connectivity index (χ1n) is 3.75. The Bertz CT molecular complexity index is 335. The molecule has 3 nitrogen and oxygen atoms in total. The van der Waals surface area contributed by atoms with Crippen molar-refractivity contribution in [2.24, 2.45) is 5.73 Å². The van der Waals surface area contributed by atoms with Gasteiger partial charge in [0.15, 0.2) is 6.61 Å². The molecule has 13 heavy (non-hydrogen) atoms. The van der Waals surface area contributed by atoms with E-state index in [4.69, 9.17) is 5.73 Å². The van der Waals surface area contributed by atoms with Crippen LogP contribution in [0.15, 0.2) is 30.3 Å². The molecule has 0 spiro atoms. The maximum absolute atomic E-state index is 10.1. The Balaban J connectivity index is 2.44. The summed E-state index contributed by atoms with van der Waals surface area (Å²) in [6, 6.07) is 9.43. The van der Waals surface area contributed by atoms with Crippen LogP contribution in [0.1, 0.15) is 5.56 Å². The van der Waals surface area contributed by atoms with Crippen molar-refractivity contribution in [1.29, 1.82) is 0 Å². The van der Waals surface area contributed by atoms with Gasteiger partial charge in [0, 0.05) is 5.56 Å². The zero-order valence-electron chi connectivity index (χ0n) is 6.99. The van der Waals surface area contributed by atoms with Gasteiger partial charge in [0.2, 0.25) is 0 Å². The second-order valence-electron chi connectivity index (χ2n) is 2.28. The van der Waals surface area contributed by atoms with Crippen LogP contribution in [0.5, 0.6) is 0 Å². The van der Waals surface area contributed by atoms with Crippen molar-refractivity contribution in [2.75, 3.05) is 6.61 Å². The molecule has 1 aromatic rings. The minimum atomic E-state index is -0.803. The first kappa shape index (κ1) is 9.14. The van der Waals surface area contributed by atoms with E-state index in [1.807, 2.05) is 30.3 Å². The Morgan fingerprint density at radius 3 is 2.69 bits per heavy atom. The third-order valence-corrected chi connectivity index (χ3v) is 1.29. The van der Waals surface area contributed by atoms with Crippen molar-refractivity contribution in [3.05, 3.63) is 35.9 Å². The Hall–Kier alpha value is -1.95. The first-order valence-corrected chi connectivity index (χ1v) is 3.75. The van der Waals surface area contributed by atoms with Crippen LogP contribution in [0.3, 0.4) is 0 Å². The second kappa shape index (κ2) is 4.83. The molecule has 0 aromatic heterocycles. The quantitative estimate of drug-likeness (QED) is 0.650. The maximum Gasteiger partial charge on any atom is 0.405 e. The zero-order chi connectivity index (χ0) is 9.52. The van der Waals surface area contributed by atoms with Gasteiger partial charge in [0.25, 0.3) is 0 Å². The Morgan fingerprint density at radius 1 is 1.38 bits per heavy atom. The number of amides is 1. The summed E-state index contributed by atoms with van der Waals surface area (Å²) in [5, 5.41) is 0. The van der Waals surface area contributed by atoms with E-state index < -0.39 is 6.09 Å². The minimum absolute atomic E-state index is 0.0320. The zero-order valence-corrected chi connectivity index (χ0v) is 6.99. The number of carbonyl (C=O) groups is 1. The number of rotatable bonds is 1. The number of primary amides is 1. The van der Waals surface area contributed by atoms with Gasteiger partial charge in [-0.3, -0.25) is 0 Å². The van der Waals surface area contributed by atoms with E-state index in [1.165, 1.54) is 0 Å². The van der Waals surface area contributed by atoms with Crippen molar-refractivity contribution in [3.8, 4) is 11.8 Å². The normalized spacial score (nSPS) is 8.31. The van der Waals surface area contributed by atoms with Crippen molar-refractivity contribution in [1.82, 2.24) is 0 Å². The molecule has 0 bridgehead atoms. The Morgan fingerprint density at radius 2 is 2.08 bits per heavy atom. The summed E-state index contributed by atoms with van der Waals surface area (Å²) in [6.07, 6.45) is -0.803. The summed E-state index contributed by atoms with van der Waals surface area (Å²) in [6.45, 7) is 0.0320. The summed E-state index contributed by atoms with van der Waals surface area (Å²) in [4.78, 5) is 10.1. The van der Waals surface area contributed by atoms with Gasteiger partial charge in [0.1, 0.15) is 0 Å². The van der Waals surface area contributed by atoms with Crippen LogP contribution in [0, 0.1) is 11.8 Å². The third kappa shape index (κ3) is 3.82. The lowest BCUT2D eigenvalue weighted by atomic mass is 10.2. The fourth-order valence-electron chi connectivity index (χ4n) is 0.767. The second-order valence-corrected chi connectivity index (χ2v) is 2.28. The predicted octanol–water partition coefficient (Wildman–Crippen LogP) is 1.13. The number of hydrogen-bond acceptors (Lipinski definition) is 2. The molecule has 0 heterocycles. The molecule has 1 amide bonds. The molecule has 0 saturated carbocycles. The summed E-state index contributed by atoms with van der Waals surface area (Å²) in [7, 11) is 0. The lowest BCUT2D eigenvalue weighted by molar-refractivity contribution is 0.171. The number of nitrogens with two attached hydrogens (primary N) is 1. The number of ether oxygens (including phenoxy) is 1. The first-order chi connectivity index (χ1) is 6.29. The van der Waals surface area contributed by atoms with Gasteiger partial charge >= 0.3 is 6.09 Å². The lowest BCUT2D eigenvalue weighted by Gasteiger charge is -1.91. The lowest BCUT2D eigenvalue weighted by Crippen LogP contribution is -2.12. The molecule has 0 aliphatic heterocycles. The molecule has 0 aliphatic carbocycles. The van der Waals surface area contributed by atoms with E-state index in [0.717, 1.165) is 5.56 Å². The van der Waals surface area contributed by atoms with Crippen molar-refractivity contribution < 1.29 is 9.53 Å². The van der Waals surface area contributed by atoms with Gasteiger partial charge in [-0.2, -0.15) is 0 Å². The van der Waals surface area contributed by atoms with E-state index in [-0.39, 0.29) is 6.61 Å². The molecule has 0 saturated heterocycles. The molecule has 2 N–H and O–H groups in total. The summed E-state index contributed by atoms with van der Waals surface area (Å²) < 4.78 is 4.43. The SMILES string of the molecule is NC(=O)OCC#Cc1ccccc1. The molecule has 0 unspecified atom stereocenters. The van der Waals surface area contributed by atoms with Gasteiger partial charge in [0.05, 0.1) is 0 Å². The largest absolute Gasteiger partial charge is 0.437 e. The number of hydrogen-bond donors (Lipinski definition) is 1. The summed E-state index contributed by atoms with van der Waals surface area (Å²) in [5.41, 5.74) is 5.63. The van der Waals surface area contributed by atoms with Crippen LogP contribution >= 0.6 is 0 Å². The average molecular weight is 175 g/mol. The van der Waals surface area contributed by atoms with Gasteiger partial charge < -0.3 is 10.5 Å². The van der Waals surface area contributed by atoms with Crippen LogP contribution in [-0.2, 0) is 4.74 Å². The van der Waals surface area contributed by atoms with Gasteiger partial charge in [-0.25, -0.2) is 4.79 Å². The van der Waals surface area contributed by atoms with Gasteiger partial charge in [-0.15, -0.1) is 0 Å². The fraction of sp³-hybridized carbons (Fsp3) is 0.100. The maximum atomic E-state index is 10.1. The molecule has 1 rings (SSSR count). The average Bonchev–Trinajstić information content (AvgIpc) is 2.14. The molecular weight excluding hydrogens is 166 g/mol. The van der Waals surface area contributed by atoms with E-state index in [0.29, 0.717) is 0 Å². The van der Waals surface area contributed by atoms with E-state index >= 15 is 0 Å². The third-order valence-electron chi connectivity index (χ3n) is 1.29. The van der Waals surface area contributed by atoms with Crippen molar-refractivity contribution >= 4 is 6.09 Å². The molecular formula is C10H9NO2. The monoisotopic (exact) mass is 175 g/mol. The van der Waals surface area contributed by atoms with E-state index in [1.54, 1.807) is 0 Å². The number of benzene rings is 1. The molecule has 0 aliphatic rings. The fourth-order valence-corrected chi connectivity index (χ4v) is 0.767. The Labute approximate surface area is 76.5 Å². The van der Waals surface area contributed by atoms with Crippen molar-refractivity contribution in [3.63, 3.8) is 0 Å². The highest BCUT2D eigenvalue weighted by molar-refractivity contribution is 5.64. The van der Waals surface area contributed by atoms with Crippen LogP contribution < -0.4 is 5.73 Å². The highest BCUT2D eigenvalue weighted by atomic mass is 16.5. The Kier molecular flexibility index (Phi) is 3.40. The minimum Gasteiger partial charge on any atom is -0.437 e. The molecule has 66 valence electrons. The van der Waals surface area contributed by atoms with Crippen LogP contribution in [0.25, 0.3) is 0 Å². The molecule has 0 radical (unpaired) electrons. The van der Waals surface area contributed by atoms with Crippen LogP contribution in [0.2, 0.25) is 0 Å².